The summed E-state index contributed by atoms with van der Waals surface area (Å²) in [4.78, 5) is 16.0. The molecule has 2 rings (SSSR count). The van der Waals surface area contributed by atoms with Gasteiger partial charge in [0, 0.05) is 24.9 Å². The van der Waals surface area contributed by atoms with Crippen molar-refractivity contribution in [1.82, 2.24) is 10.3 Å². The predicted octanol–water partition coefficient (Wildman–Crippen LogP) is 2.57. The van der Waals surface area contributed by atoms with Gasteiger partial charge >= 0.3 is 0 Å². The van der Waals surface area contributed by atoms with Gasteiger partial charge in [-0.25, -0.2) is 0 Å². The van der Waals surface area contributed by atoms with Gasteiger partial charge in [-0.05, 0) is 42.9 Å². The Balaban J connectivity index is 1.71. The van der Waals surface area contributed by atoms with Crippen molar-refractivity contribution in [2.45, 2.75) is 39.0 Å². The third-order valence-corrected chi connectivity index (χ3v) is 3.77. The van der Waals surface area contributed by atoms with E-state index in [1.54, 1.807) is 12.4 Å². The molecule has 0 radical (unpaired) electrons. The molecule has 1 aromatic rings. The van der Waals surface area contributed by atoms with Gasteiger partial charge in [-0.2, -0.15) is 0 Å². The van der Waals surface area contributed by atoms with Crippen LogP contribution >= 0.6 is 0 Å². The molecule has 0 aliphatic heterocycles. The normalized spacial score (nSPS) is 23.6. The third-order valence-electron chi connectivity index (χ3n) is 3.77. The molecule has 2 atom stereocenters. The van der Waals surface area contributed by atoms with Gasteiger partial charge in [0.1, 0.15) is 0 Å². The number of nitrogens with zero attached hydrogens (tertiary/aromatic N) is 1. The van der Waals surface area contributed by atoms with E-state index in [9.17, 15) is 4.79 Å². The topological polar surface area (TPSA) is 42.0 Å². The summed E-state index contributed by atoms with van der Waals surface area (Å²) in [5.41, 5.74) is 1.22. The van der Waals surface area contributed by atoms with Crippen molar-refractivity contribution in [3.63, 3.8) is 0 Å². The Morgan fingerprint density at radius 3 is 2.89 bits per heavy atom. The van der Waals surface area contributed by atoms with Gasteiger partial charge in [-0.15, -0.1) is 0 Å². The van der Waals surface area contributed by atoms with E-state index in [1.807, 2.05) is 12.1 Å². The predicted molar refractivity (Wildman–Crippen MR) is 72.1 cm³/mol. The highest BCUT2D eigenvalue weighted by Gasteiger charge is 2.24. The van der Waals surface area contributed by atoms with Crippen molar-refractivity contribution >= 4 is 5.91 Å². The number of hydrogen-bond donors (Lipinski definition) is 1. The summed E-state index contributed by atoms with van der Waals surface area (Å²) >= 11 is 0. The van der Waals surface area contributed by atoms with E-state index < -0.39 is 0 Å². The van der Waals surface area contributed by atoms with Crippen LogP contribution in [0.4, 0.5) is 0 Å². The Morgan fingerprint density at radius 1 is 1.39 bits per heavy atom. The van der Waals surface area contributed by atoms with Gasteiger partial charge in [-0.1, -0.05) is 19.8 Å². The highest BCUT2D eigenvalue weighted by Crippen LogP contribution is 2.28. The Labute approximate surface area is 109 Å². The molecule has 1 amide bonds. The van der Waals surface area contributed by atoms with Crippen molar-refractivity contribution in [1.29, 1.82) is 0 Å². The molecular formula is C15H22N2O. The van der Waals surface area contributed by atoms with Crippen LogP contribution in [-0.4, -0.2) is 17.4 Å². The zero-order valence-electron chi connectivity index (χ0n) is 11.1. The first-order valence-electron chi connectivity index (χ1n) is 6.92. The second-order valence-electron chi connectivity index (χ2n) is 5.37. The molecule has 1 fully saturated rings. The first kappa shape index (κ1) is 13.1. The lowest BCUT2D eigenvalue weighted by Crippen LogP contribution is -2.34. The van der Waals surface area contributed by atoms with E-state index >= 15 is 0 Å². The summed E-state index contributed by atoms with van der Waals surface area (Å²) in [6, 6.07) is 3.99. The van der Waals surface area contributed by atoms with Crippen molar-refractivity contribution in [2.24, 2.45) is 11.8 Å². The van der Waals surface area contributed by atoms with Crippen LogP contribution in [0.2, 0.25) is 0 Å². The fourth-order valence-corrected chi connectivity index (χ4v) is 2.70. The van der Waals surface area contributed by atoms with Gasteiger partial charge in [-0.3, -0.25) is 9.78 Å². The number of amides is 1. The zero-order valence-corrected chi connectivity index (χ0v) is 11.1. The van der Waals surface area contributed by atoms with E-state index in [2.05, 4.69) is 17.2 Å². The van der Waals surface area contributed by atoms with Crippen molar-refractivity contribution < 1.29 is 4.79 Å². The number of rotatable bonds is 4. The number of carbonyl (C=O) groups excluding carboxylic acids is 1. The van der Waals surface area contributed by atoms with Crippen LogP contribution in [0.15, 0.2) is 24.5 Å². The minimum Gasteiger partial charge on any atom is -0.356 e. The van der Waals surface area contributed by atoms with Gasteiger partial charge < -0.3 is 5.32 Å². The quantitative estimate of drug-likeness (QED) is 0.887. The van der Waals surface area contributed by atoms with E-state index in [1.165, 1.54) is 18.4 Å². The van der Waals surface area contributed by atoms with Crippen LogP contribution in [0.5, 0.6) is 0 Å². The first-order valence-corrected chi connectivity index (χ1v) is 6.92. The van der Waals surface area contributed by atoms with Gasteiger partial charge in [0.15, 0.2) is 0 Å². The van der Waals surface area contributed by atoms with Crippen LogP contribution in [0.1, 0.15) is 38.2 Å². The number of aromatic nitrogens is 1. The molecule has 2 unspecified atom stereocenters. The SMILES string of the molecule is CC1CCCC(C(=O)NCCc2ccncc2)C1. The molecule has 0 saturated heterocycles. The number of pyridine rings is 1. The van der Waals surface area contributed by atoms with Crippen LogP contribution in [0.3, 0.4) is 0 Å². The van der Waals surface area contributed by atoms with Crippen LogP contribution in [0, 0.1) is 11.8 Å². The largest absolute Gasteiger partial charge is 0.356 e. The minimum atomic E-state index is 0.242. The van der Waals surface area contributed by atoms with Gasteiger partial charge in [0.05, 0.1) is 0 Å². The van der Waals surface area contributed by atoms with Crippen molar-refractivity contribution in [3.05, 3.63) is 30.1 Å². The van der Waals surface area contributed by atoms with Crippen LogP contribution in [0.25, 0.3) is 0 Å². The zero-order chi connectivity index (χ0) is 12.8. The van der Waals surface area contributed by atoms with E-state index in [-0.39, 0.29) is 11.8 Å². The molecule has 1 saturated carbocycles. The minimum absolute atomic E-state index is 0.242. The maximum absolute atomic E-state index is 12.0. The number of carbonyl (C=O) groups is 1. The number of hydrogen-bond acceptors (Lipinski definition) is 2. The second-order valence-corrected chi connectivity index (χ2v) is 5.37. The van der Waals surface area contributed by atoms with Crippen molar-refractivity contribution in [3.8, 4) is 0 Å². The molecule has 1 heterocycles. The Morgan fingerprint density at radius 2 is 2.17 bits per heavy atom. The van der Waals surface area contributed by atoms with Crippen molar-refractivity contribution in [2.75, 3.05) is 6.54 Å². The summed E-state index contributed by atoms with van der Waals surface area (Å²) in [6.45, 7) is 2.98. The maximum atomic E-state index is 12.0. The van der Waals surface area contributed by atoms with Crippen LogP contribution in [-0.2, 0) is 11.2 Å². The van der Waals surface area contributed by atoms with E-state index in [0.717, 1.165) is 25.8 Å². The molecule has 0 spiro atoms. The molecule has 98 valence electrons. The molecular weight excluding hydrogens is 224 g/mol. The third kappa shape index (κ3) is 3.83. The molecule has 1 aromatic heterocycles. The summed E-state index contributed by atoms with van der Waals surface area (Å²) < 4.78 is 0. The average molecular weight is 246 g/mol. The molecule has 1 aliphatic carbocycles. The van der Waals surface area contributed by atoms with Gasteiger partial charge in [0.25, 0.3) is 0 Å². The second kappa shape index (κ2) is 6.53. The highest BCUT2D eigenvalue weighted by atomic mass is 16.1. The summed E-state index contributed by atoms with van der Waals surface area (Å²) in [5, 5.41) is 3.06. The van der Waals surface area contributed by atoms with E-state index in [4.69, 9.17) is 0 Å². The summed E-state index contributed by atoms with van der Waals surface area (Å²) in [5.74, 6) is 1.19. The highest BCUT2D eigenvalue weighted by molar-refractivity contribution is 5.78. The average Bonchev–Trinajstić information content (AvgIpc) is 2.40. The maximum Gasteiger partial charge on any atom is 0.223 e. The molecule has 0 aromatic carbocycles. The Hall–Kier alpha value is -1.38. The monoisotopic (exact) mass is 246 g/mol. The Kier molecular flexibility index (Phi) is 4.73. The standard InChI is InChI=1S/C15H22N2O/c1-12-3-2-4-14(11-12)15(18)17-10-7-13-5-8-16-9-6-13/h5-6,8-9,12,14H,2-4,7,10-11H2,1H3,(H,17,18). The fourth-order valence-electron chi connectivity index (χ4n) is 2.70. The summed E-state index contributed by atoms with van der Waals surface area (Å²) in [6.07, 6.45) is 9.06. The van der Waals surface area contributed by atoms with E-state index in [0.29, 0.717) is 5.92 Å². The van der Waals surface area contributed by atoms with Crippen LogP contribution < -0.4 is 5.32 Å². The smallest absolute Gasteiger partial charge is 0.223 e. The molecule has 3 heteroatoms. The fraction of sp³-hybridized carbons (Fsp3) is 0.600. The lowest BCUT2D eigenvalue weighted by molar-refractivity contribution is -0.126. The summed E-state index contributed by atoms with van der Waals surface area (Å²) in [7, 11) is 0. The lowest BCUT2D eigenvalue weighted by Gasteiger charge is -2.25. The van der Waals surface area contributed by atoms with Gasteiger partial charge in [0.2, 0.25) is 5.91 Å². The molecule has 18 heavy (non-hydrogen) atoms. The number of nitrogens with one attached hydrogen (secondary N) is 1. The molecule has 1 aliphatic rings. The molecule has 0 bridgehead atoms. The Bertz CT molecular complexity index is 377. The first-order chi connectivity index (χ1) is 8.75. The molecule has 1 N–H and O–H groups in total. The lowest BCUT2D eigenvalue weighted by atomic mass is 9.82. The molecule has 3 nitrogen and oxygen atoms in total.